The Morgan fingerprint density at radius 3 is 2.45 bits per heavy atom. The van der Waals surface area contributed by atoms with Crippen LogP contribution in [0.15, 0.2) is 83.3 Å². The number of carboxylic acid groups (broad SMARTS) is 1. The number of hydrogen-bond donors (Lipinski definition) is 1. The lowest BCUT2D eigenvalue weighted by atomic mass is 10.1. The smallest absolute Gasteiger partial charge is 0.341 e. The summed E-state index contributed by atoms with van der Waals surface area (Å²) >= 11 is 3.46. The third-order valence-corrected chi connectivity index (χ3v) is 4.83. The number of rotatable bonds is 7. The summed E-state index contributed by atoms with van der Waals surface area (Å²) in [6.45, 7) is 1.81. The summed E-state index contributed by atoms with van der Waals surface area (Å²) in [5.41, 5.74) is 3.62. The third kappa shape index (κ3) is 7.06. The molecule has 0 bridgehead atoms. The van der Waals surface area contributed by atoms with Gasteiger partial charge in [-0.15, -0.1) is 0 Å². The van der Waals surface area contributed by atoms with Gasteiger partial charge in [0, 0.05) is 15.6 Å². The van der Waals surface area contributed by atoms with Gasteiger partial charge in [-0.1, -0.05) is 58.1 Å². The van der Waals surface area contributed by atoms with Crippen molar-refractivity contribution in [3.8, 4) is 23.3 Å². The minimum absolute atomic E-state index is 0.337. The van der Waals surface area contributed by atoms with E-state index in [1.54, 1.807) is 12.1 Å². The quantitative estimate of drug-likeness (QED) is 0.442. The molecule has 0 aliphatic carbocycles. The SMILES string of the molecule is Cc1cc(OCC=C(C#Cc2ccccc2)c2ccc(Br)cc2)ccc1OCC(=O)O. The van der Waals surface area contributed by atoms with Crippen molar-refractivity contribution in [2.24, 2.45) is 0 Å². The molecule has 156 valence electrons. The highest BCUT2D eigenvalue weighted by Gasteiger charge is 2.05. The predicted octanol–water partition coefficient (Wildman–Crippen LogP) is 5.74. The Labute approximate surface area is 190 Å². The molecule has 31 heavy (non-hydrogen) atoms. The molecule has 0 atom stereocenters. The molecule has 3 rings (SSSR count). The van der Waals surface area contributed by atoms with E-state index >= 15 is 0 Å². The van der Waals surface area contributed by atoms with Crippen LogP contribution in [-0.4, -0.2) is 24.3 Å². The molecule has 0 saturated heterocycles. The lowest BCUT2D eigenvalue weighted by Crippen LogP contribution is -2.10. The van der Waals surface area contributed by atoms with Gasteiger partial charge in [0.25, 0.3) is 0 Å². The van der Waals surface area contributed by atoms with Gasteiger partial charge in [0.1, 0.15) is 18.1 Å². The van der Waals surface area contributed by atoms with Crippen molar-refractivity contribution < 1.29 is 19.4 Å². The molecule has 3 aromatic rings. The van der Waals surface area contributed by atoms with Gasteiger partial charge in [-0.05, 0) is 66.6 Å². The lowest BCUT2D eigenvalue weighted by molar-refractivity contribution is -0.139. The van der Waals surface area contributed by atoms with Gasteiger partial charge >= 0.3 is 5.97 Å². The first-order chi connectivity index (χ1) is 15.0. The van der Waals surface area contributed by atoms with E-state index in [2.05, 4.69) is 27.8 Å². The van der Waals surface area contributed by atoms with Crippen molar-refractivity contribution in [3.63, 3.8) is 0 Å². The van der Waals surface area contributed by atoms with Crippen LogP contribution in [0.3, 0.4) is 0 Å². The molecule has 1 N–H and O–H groups in total. The molecule has 0 saturated carbocycles. The molecule has 0 heterocycles. The number of aryl methyl sites for hydroxylation is 1. The molecule has 0 radical (unpaired) electrons. The van der Waals surface area contributed by atoms with Crippen LogP contribution >= 0.6 is 15.9 Å². The minimum atomic E-state index is -1.01. The molecular formula is C26H21BrO4. The molecule has 0 unspecified atom stereocenters. The van der Waals surface area contributed by atoms with Gasteiger partial charge in [-0.3, -0.25) is 0 Å². The van der Waals surface area contributed by atoms with E-state index < -0.39 is 5.97 Å². The predicted molar refractivity (Wildman–Crippen MR) is 125 cm³/mol. The van der Waals surface area contributed by atoms with Gasteiger partial charge in [-0.2, -0.15) is 0 Å². The maximum Gasteiger partial charge on any atom is 0.341 e. The van der Waals surface area contributed by atoms with Crippen LogP contribution in [0.5, 0.6) is 11.5 Å². The summed E-state index contributed by atoms with van der Waals surface area (Å²) in [6, 6.07) is 23.1. The number of allylic oxidation sites excluding steroid dienone is 1. The topological polar surface area (TPSA) is 55.8 Å². The van der Waals surface area contributed by atoms with E-state index in [0.29, 0.717) is 18.1 Å². The highest BCUT2D eigenvalue weighted by Crippen LogP contribution is 2.24. The van der Waals surface area contributed by atoms with Crippen molar-refractivity contribution in [2.75, 3.05) is 13.2 Å². The van der Waals surface area contributed by atoms with Crippen LogP contribution in [0.1, 0.15) is 16.7 Å². The van der Waals surface area contributed by atoms with Gasteiger partial charge in [0.15, 0.2) is 6.61 Å². The zero-order chi connectivity index (χ0) is 22.1. The molecule has 3 aromatic carbocycles. The van der Waals surface area contributed by atoms with Crippen molar-refractivity contribution in [2.45, 2.75) is 6.92 Å². The second-order valence-corrected chi connectivity index (χ2v) is 7.58. The number of hydrogen-bond acceptors (Lipinski definition) is 3. The van der Waals surface area contributed by atoms with E-state index in [9.17, 15) is 4.79 Å². The molecule has 0 aromatic heterocycles. The summed E-state index contributed by atoms with van der Waals surface area (Å²) in [5, 5.41) is 8.74. The van der Waals surface area contributed by atoms with Gasteiger partial charge in [0.05, 0.1) is 0 Å². The molecule has 4 nitrogen and oxygen atoms in total. The molecule has 0 fully saturated rings. The number of ether oxygens (including phenoxy) is 2. The second-order valence-electron chi connectivity index (χ2n) is 6.66. The number of carboxylic acids is 1. The zero-order valence-corrected chi connectivity index (χ0v) is 18.6. The monoisotopic (exact) mass is 476 g/mol. The zero-order valence-electron chi connectivity index (χ0n) is 17.0. The highest BCUT2D eigenvalue weighted by molar-refractivity contribution is 9.10. The Morgan fingerprint density at radius 1 is 1.03 bits per heavy atom. The largest absolute Gasteiger partial charge is 0.489 e. The Hall–Kier alpha value is -3.49. The summed E-state index contributed by atoms with van der Waals surface area (Å²) in [5.74, 6) is 6.62. The number of carbonyl (C=O) groups is 1. The molecular weight excluding hydrogens is 456 g/mol. The molecule has 0 aliphatic heterocycles. The van der Waals surface area contributed by atoms with Crippen LogP contribution in [0, 0.1) is 18.8 Å². The fourth-order valence-electron chi connectivity index (χ4n) is 2.77. The fourth-order valence-corrected chi connectivity index (χ4v) is 3.03. The molecule has 0 aliphatic rings. The highest BCUT2D eigenvalue weighted by atomic mass is 79.9. The van der Waals surface area contributed by atoms with E-state index in [0.717, 1.165) is 26.7 Å². The normalized spacial score (nSPS) is 10.7. The number of benzene rings is 3. The van der Waals surface area contributed by atoms with Gasteiger partial charge < -0.3 is 14.6 Å². The first kappa shape index (κ1) is 22.2. The van der Waals surface area contributed by atoms with Crippen molar-refractivity contribution >= 4 is 27.5 Å². The lowest BCUT2D eigenvalue weighted by Gasteiger charge is -2.10. The standard InChI is InChI=1S/C26H21BrO4/c1-19-17-24(13-14-25(19)31-18-26(28)29)30-16-15-22(21-9-11-23(27)12-10-21)8-7-20-5-3-2-4-6-20/h2-6,9-15,17H,16,18H2,1H3,(H,28,29). The first-order valence-electron chi connectivity index (χ1n) is 9.62. The average molecular weight is 477 g/mol. The Balaban J connectivity index is 1.75. The van der Waals surface area contributed by atoms with E-state index in [1.165, 1.54) is 0 Å². The first-order valence-corrected chi connectivity index (χ1v) is 10.4. The van der Waals surface area contributed by atoms with Crippen LogP contribution in [0.2, 0.25) is 0 Å². The summed E-state index contributed by atoms with van der Waals surface area (Å²) < 4.78 is 12.1. The summed E-state index contributed by atoms with van der Waals surface area (Å²) in [7, 11) is 0. The van der Waals surface area contributed by atoms with Crippen LogP contribution in [0.25, 0.3) is 5.57 Å². The van der Waals surface area contributed by atoms with Crippen LogP contribution in [-0.2, 0) is 4.79 Å². The second kappa shape index (κ2) is 11.1. The molecule has 0 spiro atoms. The number of halogens is 1. The van der Waals surface area contributed by atoms with E-state index in [-0.39, 0.29) is 6.61 Å². The average Bonchev–Trinajstić information content (AvgIpc) is 2.77. The number of aliphatic carboxylic acids is 1. The molecule has 5 heteroatoms. The Kier molecular flexibility index (Phi) is 7.91. The maximum absolute atomic E-state index is 10.7. The molecule has 0 amide bonds. The van der Waals surface area contributed by atoms with Crippen molar-refractivity contribution in [1.82, 2.24) is 0 Å². The summed E-state index contributed by atoms with van der Waals surface area (Å²) in [4.78, 5) is 10.7. The van der Waals surface area contributed by atoms with Crippen molar-refractivity contribution in [3.05, 3.63) is 100 Å². The third-order valence-electron chi connectivity index (χ3n) is 4.31. The summed E-state index contributed by atoms with van der Waals surface area (Å²) in [6.07, 6.45) is 1.95. The fraction of sp³-hybridized carbons (Fsp3) is 0.115. The van der Waals surface area contributed by atoms with Gasteiger partial charge in [0.2, 0.25) is 0 Å². The van der Waals surface area contributed by atoms with E-state index in [1.807, 2.05) is 73.7 Å². The van der Waals surface area contributed by atoms with Crippen LogP contribution < -0.4 is 9.47 Å². The van der Waals surface area contributed by atoms with E-state index in [4.69, 9.17) is 14.6 Å². The van der Waals surface area contributed by atoms with Crippen molar-refractivity contribution in [1.29, 1.82) is 0 Å². The minimum Gasteiger partial charge on any atom is -0.489 e. The maximum atomic E-state index is 10.7. The Bertz CT molecular complexity index is 1120. The van der Waals surface area contributed by atoms with Gasteiger partial charge in [-0.25, -0.2) is 4.79 Å². The Morgan fingerprint density at radius 2 is 1.77 bits per heavy atom. The van der Waals surface area contributed by atoms with Crippen LogP contribution in [0.4, 0.5) is 0 Å².